The summed E-state index contributed by atoms with van der Waals surface area (Å²) in [6.07, 6.45) is 5.06. The van der Waals surface area contributed by atoms with Crippen LogP contribution in [0.2, 0.25) is 0 Å². The highest BCUT2D eigenvalue weighted by Crippen LogP contribution is 2.13. The van der Waals surface area contributed by atoms with E-state index in [-0.39, 0.29) is 0 Å². The lowest BCUT2D eigenvalue weighted by atomic mass is 10.2. The first-order valence-electron chi connectivity index (χ1n) is 8.29. The largest absolute Gasteiger partial charge is 0.493 e. The van der Waals surface area contributed by atoms with Crippen molar-refractivity contribution in [3.05, 3.63) is 30.3 Å². The van der Waals surface area contributed by atoms with Gasteiger partial charge in [0.2, 0.25) is 0 Å². The van der Waals surface area contributed by atoms with Gasteiger partial charge in [0.05, 0.1) is 32.8 Å². The second-order valence-corrected chi connectivity index (χ2v) is 5.70. The molecule has 20 heavy (non-hydrogen) atoms. The van der Waals surface area contributed by atoms with Crippen molar-refractivity contribution < 1.29 is 9.22 Å². The Bertz CT molecular complexity index is 339. The number of rotatable bonds is 11. The summed E-state index contributed by atoms with van der Waals surface area (Å²) in [5.74, 6) is 0.992. The highest BCUT2D eigenvalue weighted by molar-refractivity contribution is 5.20. The van der Waals surface area contributed by atoms with E-state index in [1.54, 1.807) is 0 Å². The Labute approximate surface area is 125 Å². The van der Waals surface area contributed by atoms with Gasteiger partial charge in [-0.05, 0) is 31.9 Å². The maximum absolute atomic E-state index is 5.82. The highest BCUT2D eigenvalue weighted by Gasteiger charge is 2.23. The van der Waals surface area contributed by atoms with Gasteiger partial charge in [-0.1, -0.05) is 38.5 Å². The predicted octanol–water partition coefficient (Wildman–Crippen LogP) is 4.50. The molecule has 0 aliphatic carbocycles. The smallest absolute Gasteiger partial charge is 0.119 e. The minimum atomic E-state index is 0.833. The number of nitrogens with zero attached hydrogens (tertiary/aromatic N) is 1. The highest BCUT2D eigenvalue weighted by atomic mass is 16.5. The third-order valence-electron chi connectivity index (χ3n) is 4.14. The molecule has 2 nitrogen and oxygen atoms in total. The molecule has 1 aromatic carbocycles. The van der Waals surface area contributed by atoms with E-state index in [9.17, 15) is 0 Å². The van der Waals surface area contributed by atoms with Gasteiger partial charge < -0.3 is 9.22 Å². The Morgan fingerprint density at radius 3 is 2.15 bits per heavy atom. The Balaban J connectivity index is 2.37. The van der Waals surface area contributed by atoms with Crippen LogP contribution in [0.4, 0.5) is 0 Å². The number of unbranched alkanes of at least 4 members (excludes halogenated alkanes) is 1. The molecule has 114 valence electrons. The van der Waals surface area contributed by atoms with E-state index in [1.165, 1.54) is 49.9 Å². The van der Waals surface area contributed by atoms with Crippen LogP contribution in [0.15, 0.2) is 30.3 Å². The minimum absolute atomic E-state index is 0.833. The van der Waals surface area contributed by atoms with Crippen LogP contribution < -0.4 is 4.74 Å². The fraction of sp³-hybridized carbons (Fsp3) is 0.667. The third-order valence-corrected chi connectivity index (χ3v) is 4.14. The molecule has 0 saturated heterocycles. The van der Waals surface area contributed by atoms with Gasteiger partial charge in [-0.25, -0.2) is 0 Å². The van der Waals surface area contributed by atoms with Crippen molar-refractivity contribution in [2.75, 3.05) is 32.8 Å². The summed E-state index contributed by atoms with van der Waals surface area (Å²) in [5.41, 5.74) is 0. The standard InChI is InChI=1S/C18H32NO/c1-4-7-15-19(6-3,14-5-2)16-11-17-20-18-12-9-8-10-13-18/h8-10,12-13H,4-7,11,14-17H2,1-3H3/q+1. The van der Waals surface area contributed by atoms with Crippen LogP contribution in [0, 0.1) is 0 Å². The van der Waals surface area contributed by atoms with E-state index in [1.807, 2.05) is 30.3 Å². The monoisotopic (exact) mass is 278 g/mol. The fourth-order valence-electron chi connectivity index (χ4n) is 2.88. The molecule has 0 aliphatic rings. The Morgan fingerprint density at radius 1 is 0.850 bits per heavy atom. The van der Waals surface area contributed by atoms with Crippen molar-refractivity contribution in [3.63, 3.8) is 0 Å². The second kappa shape index (κ2) is 9.82. The summed E-state index contributed by atoms with van der Waals surface area (Å²) in [4.78, 5) is 0. The summed E-state index contributed by atoms with van der Waals surface area (Å²) in [5, 5.41) is 0. The second-order valence-electron chi connectivity index (χ2n) is 5.70. The zero-order valence-electron chi connectivity index (χ0n) is 13.6. The Morgan fingerprint density at radius 2 is 1.55 bits per heavy atom. The van der Waals surface area contributed by atoms with E-state index < -0.39 is 0 Å². The van der Waals surface area contributed by atoms with E-state index in [4.69, 9.17) is 4.74 Å². The van der Waals surface area contributed by atoms with Gasteiger partial charge in [-0.3, -0.25) is 0 Å². The number of quaternary nitrogens is 1. The van der Waals surface area contributed by atoms with Crippen LogP contribution in [-0.2, 0) is 0 Å². The van der Waals surface area contributed by atoms with Crippen molar-refractivity contribution in [3.8, 4) is 5.75 Å². The summed E-state index contributed by atoms with van der Waals surface area (Å²) in [6, 6.07) is 10.1. The molecule has 0 spiro atoms. The van der Waals surface area contributed by atoms with Crippen molar-refractivity contribution in [2.24, 2.45) is 0 Å². The molecule has 0 saturated carbocycles. The molecule has 0 fully saturated rings. The van der Waals surface area contributed by atoms with E-state index in [0.29, 0.717) is 0 Å². The van der Waals surface area contributed by atoms with Gasteiger partial charge in [0.25, 0.3) is 0 Å². The quantitative estimate of drug-likeness (QED) is 0.428. The minimum Gasteiger partial charge on any atom is -0.493 e. The van der Waals surface area contributed by atoms with Gasteiger partial charge in [-0.15, -0.1) is 0 Å². The molecule has 1 unspecified atom stereocenters. The zero-order valence-corrected chi connectivity index (χ0v) is 13.6. The van der Waals surface area contributed by atoms with E-state index >= 15 is 0 Å². The van der Waals surface area contributed by atoms with Crippen LogP contribution in [0.3, 0.4) is 0 Å². The lowest BCUT2D eigenvalue weighted by Gasteiger charge is -2.38. The van der Waals surface area contributed by atoms with Crippen LogP contribution in [0.5, 0.6) is 5.75 Å². The molecule has 0 aromatic heterocycles. The lowest BCUT2D eigenvalue weighted by Crippen LogP contribution is -2.50. The zero-order chi connectivity index (χ0) is 14.7. The Kier molecular flexibility index (Phi) is 8.36. The van der Waals surface area contributed by atoms with Crippen molar-refractivity contribution >= 4 is 0 Å². The number of ether oxygens (including phenoxy) is 1. The topological polar surface area (TPSA) is 9.23 Å². The first-order chi connectivity index (χ1) is 9.76. The molecular formula is C18H32NO+. The van der Waals surface area contributed by atoms with E-state index in [2.05, 4.69) is 20.8 Å². The van der Waals surface area contributed by atoms with Crippen molar-refractivity contribution in [1.29, 1.82) is 0 Å². The summed E-state index contributed by atoms with van der Waals surface area (Å²) in [7, 11) is 0. The molecule has 0 radical (unpaired) electrons. The lowest BCUT2D eigenvalue weighted by molar-refractivity contribution is -0.927. The fourth-order valence-corrected chi connectivity index (χ4v) is 2.88. The molecular weight excluding hydrogens is 246 g/mol. The number of para-hydroxylation sites is 1. The maximum Gasteiger partial charge on any atom is 0.119 e. The molecule has 0 bridgehead atoms. The van der Waals surface area contributed by atoms with Crippen LogP contribution in [0.25, 0.3) is 0 Å². The molecule has 0 N–H and O–H groups in total. The predicted molar refractivity (Wildman–Crippen MR) is 87.2 cm³/mol. The SMILES string of the molecule is CCCC[N+](CC)(CCC)CCCOc1ccccc1. The number of benzene rings is 1. The Hall–Kier alpha value is -1.02. The summed E-state index contributed by atoms with van der Waals surface area (Å²) in [6.45, 7) is 12.9. The average Bonchev–Trinajstić information content (AvgIpc) is 2.50. The van der Waals surface area contributed by atoms with Gasteiger partial charge in [0.1, 0.15) is 5.75 Å². The van der Waals surface area contributed by atoms with Gasteiger partial charge in [0, 0.05) is 6.42 Å². The van der Waals surface area contributed by atoms with Gasteiger partial charge in [0.15, 0.2) is 0 Å². The first-order valence-corrected chi connectivity index (χ1v) is 8.29. The molecule has 0 heterocycles. The molecule has 2 heteroatoms. The van der Waals surface area contributed by atoms with Crippen molar-refractivity contribution in [2.45, 2.75) is 46.5 Å². The van der Waals surface area contributed by atoms with Gasteiger partial charge >= 0.3 is 0 Å². The molecule has 0 amide bonds. The van der Waals surface area contributed by atoms with Gasteiger partial charge in [-0.2, -0.15) is 0 Å². The normalized spacial score (nSPS) is 13.9. The molecule has 1 atom stereocenters. The van der Waals surface area contributed by atoms with Crippen LogP contribution >= 0.6 is 0 Å². The van der Waals surface area contributed by atoms with E-state index in [0.717, 1.165) is 18.8 Å². The van der Waals surface area contributed by atoms with Crippen molar-refractivity contribution in [1.82, 2.24) is 0 Å². The van der Waals surface area contributed by atoms with Crippen LogP contribution in [0.1, 0.15) is 46.5 Å². The number of hydrogen-bond donors (Lipinski definition) is 0. The first kappa shape index (κ1) is 17.0. The number of hydrogen-bond acceptors (Lipinski definition) is 1. The maximum atomic E-state index is 5.82. The average molecular weight is 278 g/mol. The molecule has 1 aromatic rings. The molecule has 0 aliphatic heterocycles. The van der Waals surface area contributed by atoms with Crippen LogP contribution in [-0.4, -0.2) is 37.3 Å². The molecule has 1 rings (SSSR count). The summed E-state index contributed by atoms with van der Waals surface area (Å²) < 4.78 is 7.08. The third kappa shape index (κ3) is 5.96. The summed E-state index contributed by atoms with van der Waals surface area (Å²) >= 11 is 0.